The molecule has 1 atom stereocenters. The zero-order chi connectivity index (χ0) is 19.3. The van der Waals surface area contributed by atoms with E-state index in [2.05, 4.69) is 10.6 Å². The molecule has 1 aliphatic rings. The monoisotopic (exact) mass is 406 g/mol. The zero-order valence-electron chi connectivity index (χ0n) is 14.8. The van der Waals surface area contributed by atoms with Gasteiger partial charge in [0, 0.05) is 12.5 Å². The normalized spacial score (nSPS) is 17.8. The molecule has 1 aliphatic heterocycles. The van der Waals surface area contributed by atoms with Crippen molar-refractivity contribution in [2.24, 2.45) is 0 Å². The van der Waals surface area contributed by atoms with Crippen LogP contribution in [0.5, 0.6) is 0 Å². The third kappa shape index (κ3) is 5.64. The molecule has 1 unspecified atom stereocenters. The van der Waals surface area contributed by atoms with Crippen LogP contribution in [0.3, 0.4) is 0 Å². The molecule has 1 saturated heterocycles. The average Bonchev–Trinajstić information content (AvgIpc) is 3.18. The summed E-state index contributed by atoms with van der Waals surface area (Å²) in [4.78, 5) is 25.8. The van der Waals surface area contributed by atoms with Gasteiger partial charge in [-0.25, -0.2) is 8.42 Å². The second-order valence-corrected chi connectivity index (χ2v) is 9.88. The molecule has 0 saturated carbocycles. The van der Waals surface area contributed by atoms with Gasteiger partial charge in [0.1, 0.15) is 15.9 Å². The molecular weight excluding hydrogens is 384 g/mol. The fourth-order valence-electron chi connectivity index (χ4n) is 3.03. The first-order chi connectivity index (χ1) is 12.9. The third-order valence-corrected chi connectivity index (χ3v) is 7.13. The van der Waals surface area contributed by atoms with Crippen LogP contribution in [-0.4, -0.2) is 43.8 Å². The molecule has 1 fully saturated rings. The number of carbonyl (C=O) groups is 2. The number of nitrogens with one attached hydrogen (secondary N) is 2. The average molecular weight is 407 g/mol. The maximum Gasteiger partial charge on any atom is 0.262 e. The first-order valence-corrected chi connectivity index (χ1v) is 11.5. The lowest BCUT2D eigenvalue weighted by Gasteiger charge is -2.26. The SMILES string of the molecule is O=C(NC(Cc1ccccc1)C(=O)NC1CCS(=O)(=O)CC1)c1cccs1. The summed E-state index contributed by atoms with van der Waals surface area (Å²) in [6.45, 7) is 0. The molecule has 3 rings (SSSR count). The molecule has 0 spiro atoms. The Balaban J connectivity index is 1.68. The highest BCUT2D eigenvalue weighted by atomic mass is 32.2. The molecule has 144 valence electrons. The van der Waals surface area contributed by atoms with Crippen molar-refractivity contribution >= 4 is 33.0 Å². The zero-order valence-corrected chi connectivity index (χ0v) is 16.4. The van der Waals surface area contributed by atoms with Gasteiger partial charge in [0.2, 0.25) is 5.91 Å². The summed E-state index contributed by atoms with van der Waals surface area (Å²) in [5.41, 5.74) is 0.940. The number of rotatable bonds is 6. The topological polar surface area (TPSA) is 92.3 Å². The second kappa shape index (κ2) is 8.67. The molecule has 0 radical (unpaired) electrons. The number of benzene rings is 1. The Hall–Kier alpha value is -2.19. The number of sulfone groups is 1. The Morgan fingerprint density at radius 1 is 1.07 bits per heavy atom. The Morgan fingerprint density at radius 3 is 2.41 bits per heavy atom. The van der Waals surface area contributed by atoms with Gasteiger partial charge in [-0.3, -0.25) is 9.59 Å². The minimum absolute atomic E-state index is 0.0862. The predicted octanol–water partition coefficient (Wildman–Crippen LogP) is 1.78. The highest BCUT2D eigenvalue weighted by Gasteiger charge is 2.28. The molecule has 2 aromatic rings. The molecule has 1 aromatic carbocycles. The first-order valence-electron chi connectivity index (χ1n) is 8.82. The highest BCUT2D eigenvalue weighted by Crippen LogP contribution is 2.14. The maximum atomic E-state index is 12.8. The van der Waals surface area contributed by atoms with E-state index >= 15 is 0 Å². The van der Waals surface area contributed by atoms with E-state index in [-0.39, 0.29) is 29.4 Å². The van der Waals surface area contributed by atoms with Crippen molar-refractivity contribution in [1.29, 1.82) is 0 Å². The molecule has 8 heteroatoms. The smallest absolute Gasteiger partial charge is 0.262 e. The lowest BCUT2D eigenvalue weighted by molar-refractivity contribution is -0.123. The van der Waals surface area contributed by atoms with E-state index in [1.165, 1.54) is 11.3 Å². The van der Waals surface area contributed by atoms with Crippen LogP contribution in [0.1, 0.15) is 28.1 Å². The van der Waals surface area contributed by atoms with Crippen LogP contribution in [0, 0.1) is 0 Å². The minimum atomic E-state index is -2.99. The van der Waals surface area contributed by atoms with Crippen LogP contribution < -0.4 is 10.6 Å². The summed E-state index contributed by atoms with van der Waals surface area (Å²) in [5.74, 6) is -0.397. The number of carbonyl (C=O) groups excluding carboxylic acids is 2. The van der Waals surface area contributed by atoms with Crippen LogP contribution in [-0.2, 0) is 21.1 Å². The van der Waals surface area contributed by atoms with Crippen LogP contribution >= 0.6 is 11.3 Å². The van der Waals surface area contributed by atoms with Gasteiger partial charge in [-0.1, -0.05) is 36.4 Å². The summed E-state index contributed by atoms with van der Waals surface area (Å²) in [5, 5.41) is 7.54. The van der Waals surface area contributed by atoms with Crippen LogP contribution in [0.4, 0.5) is 0 Å². The van der Waals surface area contributed by atoms with E-state index in [9.17, 15) is 18.0 Å². The molecule has 1 aromatic heterocycles. The van der Waals surface area contributed by atoms with Gasteiger partial charge in [0.25, 0.3) is 5.91 Å². The Morgan fingerprint density at radius 2 is 1.78 bits per heavy atom. The summed E-state index contributed by atoms with van der Waals surface area (Å²) < 4.78 is 23.1. The third-order valence-electron chi connectivity index (χ3n) is 4.55. The van der Waals surface area contributed by atoms with Crippen LogP contribution in [0.2, 0.25) is 0 Å². The van der Waals surface area contributed by atoms with Crippen molar-refractivity contribution in [3.8, 4) is 0 Å². The second-order valence-electron chi connectivity index (χ2n) is 6.63. The van der Waals surface area contributed by atoms with E-state index in [4.69, 9.17) is 0 Å². The van der Waals surface area contributed by atoms with Crippen molar-refractivity contribution < 1.29 is 18.0 Å². The number of amides is 2. The van der Waals surface area contributed by atoms with Gasteiger partial charge in [-0.15, -0.1) is 11.3 Å². The van der Waals surface area contributed by atoms with Crippen molar-refractivity contribution in [1.82, 2.24) is 10.6 Å². The molecule has 6 nitrogen and oxygen atoms in total. The largest absolute Gasteiger partial charge is 0.352 e. The van der Waals surface area contributed by atoms with Gasteiger partial charge < -0.3 is 10.6 Å². The molecule has 2 heterocycles. The lowest BCUT2D eigenvalue weighted by Crippen LogP contribution is -2.52. The fourth-order valence-corrected chi connectivity index (χ4v) is 5.15. The van der Waals surface area contributed by atoms with Crippen molar-refractivity contribution in [3.05, 3.63) is 58.3 Å². The molecule has 27 heavy (non-hydrogen) atoms. The molecule has 0 aliphatic carbocycles. The predicted molar refractivity (Wildman–Crippen MR) is 106 cm³/mol. The molecule has 2 amide bonds. The van der Waals surface area contributed by atoms with Gasteiger partial charge in [-0.05, 0) is 29.9 Å². The summed E-state index contributed by atoms with van der Waals surface area (Å²) in [6, 6.07) is 12.1. The van der Waals surface area contributed by atoms with Gasteiger partial charge >= 0.3 is 0 Å². The maximum absolute atomic E-state index is 12.8. The number of hydrogen-bond donors (Lipinski definition) is 2. The number of hydrogen-bond acceptors (Lipinski definition) is 5. The van der Waals surface area contributed by atoms with Gasteiger partial charge in [0.05, 0.1) is 16.4 Å². The summed E-state index contributed by atoms with van der Waals surface area (Å²) in [6.07, 6.45) is 1.19. The van der Waals surface area contributed by atoms with Gasteiger partial charge in [-0.2, -0.15) is 0 Å². The quantitative estimate of drug-likeness (QED) is 0.765. The van der Waals surface area contributed by atoms with E-state index in [1.54, 1.807) is 12.1 Å². The van der Waals surface area contributed by atoms with Crippen molar-refractivity contribution in [2.45, 2.75) is 31.3 Å². The van der Waals surface area contributed by atoms with Crippen molar-refractivity contribution in [3.63, 3.8) is 0 Å². The molecule has 2 N–H and O–H groups in total. The Bertz CT molecular complexity index is 866. The van der Waals surface area contributed by atoms with Crippen LogP contribution in [0.15, 0.2) is 47.8 Å². The van der Waals surface area contributed by atoms with E-state index < -0.39 is 15.9 Å². The Kier molecular flexibility index (Phi) is 6.28. The fraction of sp³-hybridized carbons (Fsp3) is 0.368. The standard InChI is InChI=1S/C19H22N2O4S2/c22-18(20-15-8-11-27(24,25)12-9-15)16(13-14-5-2-1-3-6-14)21-19(23)17-7-4-10-26-17/h1-7,10,15-16H,8-9,11-13H2,(H,20,22)(H,21,23). The molecular formula is C19H22N2O4S2. The minimum Gasteiger partial charge on any atom is -0.352 e. The van der Waals surface area contributed by atoms with Crippen LogP contribution in [0.25, 0.3) is 0 Å². The Labute approximate surface area is 162 Å². The highest BCUT2D eigenvalue weighted by molar-refractivity contribution is 7.91. The van der Waals surface area contributed by atoms with Gasteiger partial charge in [0.15, 0.2) is 0 Å². The van der Waals surface area contributed by atoms with E-state index in [1.807, 2.05) is 35.7 Å². The number of thiophene rings is 1. The van der Waals surface area contributed by atoms with Crippen molar-refractivity contribution in [2.75, 3.05) is 11.5 Å². The lowest BCUT2D eigenvalue weighted by atomic mass is 10.0. The summed E-state index contributed by atoms with van der Waals surface area (Å²) in [7, 11) is -2.99. The van der Waals surface area contributed by atoms with E-state index in [0.717, 1.165) is 5.56 Å². The first kappa shape index (κ1) is 19.6. The van der Waals surface area contributed by atoms with E-state index in [0.29, 0.717) is 24.1 Å². The summed E-state index contributed by atoms with van der Waals surface area (Å²) >= 11 is 1.32. The molecule has 0 bridgehead atoms.